The molecule has 158 valence electrons. The van der Waals surface area contributed by atoms with Crippen molar-refractivity contribution < 1.29 is 121 Å². The Hall–Kier alpha value is 1.73. The fraction of sp³-hybridized carbons (Fsp3) is 0.350. The van der Waals surface area contributed by atoms with E-state index in [1.54, 1.807) is 6.92 Å². The van der Waals surface area contributed by atoms with E-state index in [9.17, 15) is 12.8 Å². The molecule has 2 rings (SSSR count). The van der Waals surface area contributed by atoms with E-state index in [0.29, 0.717) is 30.2 Å². The Labute approximate surface area is 272 Å². The first kappa shape index (κ1) is 36.3. The fourth-order valence-electron chi connectivity index (χ4n) is 1.85. The molecule has 1 N–H and O–H groups in total. The minimum Gasteiger partial charge on any atom is -0.428 e. The summed E-state index contributed by atoms with van der Waals surface area (Å²) in [7, 11) is -2.13. The third kappa shape index (κ3) is 18.2. The predicted molar refractivity (Wildman–Crippen MR) is 109 cm³/mol. The average molecular weight is 506 g/mol. The van der Waals surface area contributed by atoms with Crippen molar-refractivity contribution in [1.82, 2.24) is 9.29 Å². The molecule has 10 heteroatoms. The van der Waals surface area contributed by atoms with Gasteiger partial charge in [-0.15, -0.1) is 23.4 Å². The molecule has 0 saturated carbocycles. The van der Waals surface area contributed by atoms with Crippen LogP contribution in [-0.4, -0.2) is 33.6 Å². The van der Waals surface area contributed by atoms with E-state index >= 15 is 0 Å². The topological polar surface area (TPSA) is 70.5 Å². The van der Waals surface area contributed by atoms with Crippen LogP contribution in [-0.2, 0) is 19.3 Å². The maximum atomic E-state index is 12.1. The second kappa shape index (κ2) is 21.3. The number of aliphatic hydroxyl groups excluding tert-OH is 1. The molecular formula is C20H25ClFK2N2O3S-3. The van der Waals surface area contributed by atoms with Crippen LogP contribution < -0.4 is 103 Å². The normalized spacial score (nSPS) is 17.0. The molecule has 0 fully saturated rings. The molecule has 0 unspecified atom stereocenters. The minimum atomic E-state index is -2.13. The van der Waals surface area contributed by atoms with Crippen molar-refractivity contribution in [3.05, 3.63) is 79.1 Å². The quantitative estimate of drug-likeness (QED) is 0.292. The van der Waals surface area contributed by atoms with Crippen LogP contribution >= 0.6 is 11.6 Å². The van der Waals surface area contributed by atoms with Crippen LogP contribution in [0.25, 0.3) is 0 Å². The molecule has 0 saturated heterocycles. The standard InChI is InChI=1S/C9H12ClNO2S.C7H5FN.C4H8O.2K/c1-7-6-11(14(12)13)4-3-9(7)5-8(2)10;1-2-7-4-3-6(8)5-9-7;1-3-4(2)5;;/h3,7H,4,6H2,1-2H3;3-5H,1H2;4-5H,1-3H2;;/q-2;-1;-2;2*+1/t7-;;4-;;/m0.1../s1. The molecule has 5 nitrogen and oxygen atoms in total. The maximum Gasteiger partial charge on any atom is 1.00 e. The Bertz CT molecular complexity index is 730. The minimum absolute atomic E-state index is 0. The predicted octanol–water partition coefficient (Wildman–Crippen LogP) is -1.99. The largest absolute Gasteiger partial charge is 1.00 e. The van der Waals surface area contributed by atoms with Gasteiger partial charge in [0.15, 0.2) is 0 Å². The maximum absolute atomic E-state index is 12.1. The van der Waals surface area contributed by atoms with Crippen molar-refractivity contribution in [3.63, 3.8) is 0 Å². The molecular weight excluding hydrogens is 481 g/mol. The first-order valence-corrected chi connectivity index (χ1v) is 9.77. The molecule has 1 aliphatic heterocycles. The van der Waals surface area contributed by atoms with E-state index in [-0.39, 0.29) is 115 Å². The average Bonchev–Trinajstić information content (AvgIpc) is 2.64. The van der Waals surface area contributed by atoms with Crippen LogP contribution in [0.4, 0.5) is 4.39 Å². The van der Waals surface area contributed by atoms with E-state index in [1.807, 2.05) is 13.0 Å². The molecule has 0 radical (unpaired) electrons. The molecule has 1 aliphatic rings. The number of aromatic nitrogens is 1. The number of hydrogen-bond donors (Lipinski definition) is 1. The van der Waals surface area contributed by atoms with Gasteiger partial charge < -0.3 is 31.7 Å². The molecule has 2 atom stereocenters. The molecule has 0 aliphatic carbocycles. The zero-order valence-corrected chi connectivity index (χ0v) is 25.8. The van der Waals surface area contributed by atoms with Gasteiger partial charge in [-0.3, -0.25) is 4.98 Å². The van der Waals surface area contributed by atoms with Crippen molar-refractivity contribution >= 4 is 22.5 Å². The van der Waals surface area contributed by atoms with Gasteiger partial charge in [-0.25, -0.2) is 28.2 Å². The van der Waals surface area contributed by atoms with Crippen molar-refractivity contribution in [2.45, 2.75) is 26.4 Å². The first-order chi connectivity index (χ1) is 13.1. The van der Waals surface area contributed by atoms with Gasteiger partial charge in [0.1, 0.15) is 5.82 Å². The summed E-state index contributed by atoms with van der Waals surface area (Å²) in [4.78, 5) is 3.65. The van der Waals surface area contributed by atoms with Crippen LogP contribution in [0.2, 0.25) is 0 Å². The van der Waals surface area contributed by atoms with E-state index in [1.165, 1.54) is 16.4 Å². The zero-order valence-electron chi connectivity index (χ0n) is 18.0. The second-order valence-electron chi connectivity index (χ2n) is 5.76. The number of rotatable bonds is 4. The van der Waals surface area contributed by atoms with Crippen LogP contribution in [0.3, 0.4) is 0 Å². The Kier molecular flexibility index (Phi) is 25.7. The first-order valence-electron chi connectivity index (χ1n) is 8.36. The van der Waals surface area contributed by atoms with Crippen molar-refractivity contribution in [1.29, 1.82) is 0 Å². The number of aliphatic hydroxyl groups is 1. The van der Waals surface area contributed by atoms with Crippen LogP contribution in [0.1, 0.15) is 26.0 Å². The van der Waals surface area contributed by atoms with Crippen LogP contribution in [0.15, 0.2) is 41.6 Å². The second-order valence-corrected chi connectivity index (χ2v) is 7.28. The van der Waals surface area contributed by atoms with Gasteiger partial charge in [-0.05, 0) is 30.3 Å². The van der Waals surface area contributed by atoms with Crippen LogP contribution in [0, 0.1) is 37.7 Å². The molecule has 1 aromatic heterocycles. The molecule has 0 spiro atoms. The number of nitrogens with zero attached hydrogens (tertiary/aromatic N) is 2. The monoisotopic (exact) mass is 505 g/mol. The summed E-state index contributed by atoms with van der Waals surface area (Å²) < 4.78 is 34.8. The number of allylic oxidation sites excluding steroid dienone is 2. The summed E-state index contributed by atoms with van der Waals surface area (Å²) in [5, 5.41) is 8.78. The molecule has 30 heavy (non-hydrogen) atoms. The van der Waals surface area contributed by atoms with Crippen molar-refractivity contribution in [2.75, 3.05) is 13.1 Å². The van der Waals surface area contributed by atoms with Gasteiger partial charge in [-0.1, -0.05) is 24.6 Å². The molecule has 0 amide bonds. The van der Waals surface area contributed by atoms with Crippen molar-refractivity contribution in [2.24, 2.45) is 5.92 Å². The number of hydrogen-bond acceptors (Lipinski definition) is 5. The molecule has 0 aromatic carbocycles. The van der Waals surface area contributed by atoms with E-state index in [4.69, 9.17) is 16.7 Å². The molecule has 0 bridgehead atoms. The van der Waals surface area contributed by atoms with Crippen molar-refractivity contribution in [3.8, 4) is 0 Å². The Morgan fingerprint density at radius 3 is 2.40 bits per heavy atom. The smallest absolute Gasteiger partial charge is 0.428 e. The summed E-state index contributed by atoms with van der Waals surface area (Å²) in [6, 6.07) is 2.84. The number of pyridine rings is 1. The summed E-state index contributed by atoms with van der Waals surface area (Å²) in [6.45, 7) is 14.6. The summed E-state index contributed by atoms with van der Waals surface area (Å²) in [6.07, 6.45) is 8.53. The summed E-state index contributed by atoms with van der Waals surface area (Å²) >= 11 is 5.70. The third-order valence-electron chi connectivity index (χ3n) is 3.29. The molecule has 2 heterocycles. The zero-order chi connectivity index (χ0) is 21.7. The van der Waals surface area contributed by atoms with E-state index in [2.05, 4.69) is 37.6 Å². The van der Waals surface area contributed by atoms with E-state index in [0.717, 1.165) is 11.8 Å². The third-order valence-corrected chi connectivity index (χ3v) is 4.11. The van der Waals surface area contributed by atoms with Gasteiger partial charge >= 0.3 is 103 Å². The Morgan fingerprint density at radius 2 is 2.07 bits per heavy atom. The Balaban J connectivity index is -0.000000395. The SMILES string of the molecule is C=[C-]c1ccc(F)cn1.CC(Cl)=[C-]C1=CCN([S-](=O)=O)C[C@@H]1C.[CH2-]C[C@@H]([CH2-])O.[K+].[K+]. The fourth-order valence-corrected chi connectivity index (χ4v) is 2.51. The van der Waals surface area contributed by atoms with Gasteiger partial charge in [0, 0.05) is 0 Å². The number of halogens is 2. The summed E-state index contributed by atoms with van der Waals surface area (Å²) in [5.74, 6) is -0.190. The van der Waals surface area contributed by atoms with Gasteiger partial charge in [0.05, 0.1) is 6.20 Å². The van der Waals surface area contributed by atoms with Gasteiger partial charge in [0.25, 0.3) is 0 Å². The van der Waals surface area contributed by atoms with Crippen LogP contribution in [0.5, 0.6) is 0 Å². The van der Waals surface area contributed by atoms with Gasteiger partial charge in [0.2, 0.25) is 0 Å². The Morgan fingerprint density at radius 1 is 1.50 bits per heavy atom. The van der Waals surface area contributed by atoms with E-state index < -0.39 is 17.0 Å². The summed E-state index contributed by atoms with van der Waals surface area (Å²) in [5.41, 5.74) is 1.55. The molecule has 1 aromatic rings. The van der Waals surface area contributed by atoms with Gasteiger partial charge in [-0.2, -0.15) is 19.1 Å².